The molecule has 3 heteroatoms. The first-order valence-corrected chi connectivity index (χ1v) is 6.18. The quantitative estimate of drug-likeness (QED) is 0.607. The summed E-state index contributed by atoms with van der Waals surface area (Å²) in [6, 6.07) is 8.11. The van der Waals surface area contributed by atoms with E-state index in [1.807, 2.05) is 18.2 Å². The molecule has 1 aliphatic carbocycles. The minimum Gasteiger partial charge on any atom is -0.497 e. The van der Waals surface area contributed by atoms with Gasteiger partial charge in [-0.05, 0) is 36.6 Å². The van der Waals surface area contributed by atoms with Crippen LogP contribution in [0.3, 0.4) is 0 Å². The normalized spacial score (nSPS) is 22.6. The van der Waals surface area contributed by atoms with Crippen molar-refractivity contribution in [1.29, 1.82) is 0 Å². The van der Waals surface area contributed by atoms with Crippen molar-refractivity contribution in [1.82, 2.24) is 0 Å². The second-order valence-corrected chi connectivity index (χ2v) is 4.49. The zero-order chi connectivity index (χ0) is 13.0. The van der Waals surface area contributed by atoms with Crippen molar-refractivity contribution in [3.8, 4) is 5.75 Å². The molecule has 0 unspecified atom stereocenters. The van der Waals surface area contributed by atoms with E-state index in [2.05, 4.69) is 18.2 Å². The predicted molar refractivity (Wildman–Crippen MR) is 69.7 cm³/mol. The lowest BCUT2D eigenvalue weighted by molar-refractivity contribution is -0.144. The lowest BCUT2D eigenvalue weighted by Gasteiger charge is -2.23. The Labute approximate surface area is 107 Å². The lowest BCUT2D eigenvalue weighted by Crippen LogP contribution is -2.18. The smallest absolute Gasteiger partial charge is 0.303 e. The van der Waals surface area contributed by atoms with E-state index in [0.29, 0.717) is 5.92 Å². The van der Waals surface area contributed by atoms with Crippen LogP contribution >= 0.6 is 0 Å². The summed E-state index contributed by atoms with van der Waals surface area (Å²) < 4.78 is 10.3. The van der Waals surface area contributed by atoms with Crippen LogP contribution in [0, 0.1) is 0 Å². The van der Waals surface area contributed by atoms with Crippen LogP contribution in [-0.2, 0) is 9.53 Å². The Balaban J connectivity index is 2.01. The largest absolute Gasteiger partial charge is 0.497 e. The van der Waals surface area contributed by atoms with E-state index < -0.39 is 0 Å². The van der Waals surface area contributed by atoms with Gasteiger partial charge in [0, 0.05) is 12.8 Å². The minimum absolute atomic E-state index is 0.0583. The summed E-state index contributed by atoms with van der Waals surface area (Å²) in [5, 5.41) is 0. The van der Waals surface area contributed by atoms with Crippen LogP contribution in [0.25, 0.3) is 0 Å². The average molecular weight is 246 g/mol. The molecule has 96 valence electrons. The maximum absolute atomic E-state index is 10.9. The van der Waals surface area contributed by atoms with Gasteiger partial charge in [0.1, 0.15) is 11.9 Å². The van der Waals surface area contributed by atoms with Gasteiger partial charge in [0.2, 0.25) is 0 Å². The van der Waals surface area contributed by atoms with Crippen LogP contribution in [0.2, 0.25) is 0 Å². The number of rotatable bonds is 3. The van der Waals surface area contributed by atoms with Gasteiger partial charge >= 0.3 is 5.97 Å². The molecule has 2 atom stereocenters. The van der Waals surface area contributed by atoms with E-state index in [9.17, 15) is 4.79 Å². The molecule has 0 aromatic heterocycles. The Kier molecular flexibility index (Phi) is 4.03. The number of methoxy groups -OCH3 is 1. The number of carbonyl (C=O) groups is 1. The molecule has 0 radical (unpaired) electrons. The average Bonchev–Trinajstić information content (AvgIpc) is 2.39. The first-order chi connectivity index (χ1) is 8.69. The zero-order valence-electron chi connectivity index (χ0n) is 10.8. The van der Waals surface area contributed by atoms with Gasteiger partial charge < -0.3 is 9.47 Å². The summed E-state index contributed by atoms with van der Waals surface area (Å²) in [6.45, 7) is 1.45. The van der Waals surface area contributed by atoms with E-state index >= 15 is 0 Å². The van der Waals surface area contributed by atoms with Crippen molar-refractivity contribution in [2.45, 2.75) is 31.8 Å². The van der Waals surface area contributed by atoms with Gasteiger partial charge in [0.25, 0.3) is 0 Å². The second-order valence-electron chi connectivity index (χ2n) is 4.49. The monoisotopic (exact) mass is 246 g/mol. The van der Waals surface area contributed by atoms with Crippen LogP contribution in [0.1, 0.15) is 31.2 Å². The third kappa shape index (κ3) is 3.13. The predicted octanol–water partition coefficient (Wildman–Crippen LogP) is 3.06. The Morgan fingerprint density at radius 3 is 2.39 bits per heavy atom. The number of esters is 1. The molecule has 0 saturated carbocycles. The molecule has 0 aliphatic heterocycles. The van der Waals surface area contributed by atoms with E-state index in [1.165, 1.54) is 12.5 Å². The second kappa shape index (κ2) is 5.71. The number of carbonyl (C=O) groups excluding carboxylic acids is 1. The van der Waals surface area contributed by atoms with E-state index in [4.69, 9.17) is 9.47 Å². The summed E-state index contributed by atoms with van der Waals surface area (Å²) in [5.41, 5.74) is 1.27. The highest BCUT2D eigenvalue weighted by atomic mass is 16.5. The molecule has 0 N–H and O–H groups in total. The first kappa shape index (κ1) is 12.7. The number of allylic oxidation sites excluding steroid dienone is 1. The van der Waals surface area contributed by atoms with E-state index in [1.54, 1.807) is 7.11 Å². The molecular formula is C15H18O3. The minimum atomic E-state index is -0.215. The summed E-state index contributed by atoms with van der Waals surface area (Å²) in [6.07, 6.45) is 5.93. The van der Waals surface area contributed by atoms with Crippen LogP contribution in [0.5, 0.6) is 5.75 Å². The van der Waals surface area contributed by atoms with Crippen molar-refractivity contribution >= 4 is 5.97 Å². The van der Waals surface area contributed by atoms with Crippen LogP contribution in [0.4, 0.5) is 0 Å². The van der Waals surface area contributed by atoms with Gasteiger partial charge in [-0.2, -0.15) is 0 Å². The van der Waals surface area contributed by atoms with Crippen molar-refractivity contribution in [2.75, 3.05) is 7.11 Å². The fourth-order valence-electron chi connectivity index (χ4n) is 2.23. The number of hydrogen-bond donors (Lipinski definition) is 0. The molecule has 0 heterocycles. The maximum atomic E-state index is 10.9. The summed E-state index contributed by atoms with van der Waals surface area (Å²) in [5.74, 6) is 1.06. The number of benzene rings is 1. The van der Waals surface area contributed by atoms with Crippen LogP contribution in [-0.4, -0.2) is 19.2 Å². The highest BCUT2D eigenvalue weighted by Crippen LogP contribution is 2.29. The maximum Gasteiger partial charge on any atom is 0.303 e. The van der Waals surface area contributed by atoms with Gasteiger partial charge in [0.05, 0.1) is 7.11 Å². The molecular weight excluding hydrogens is 228 g/mol. The van der Waals surface area contributed by atoms with Crippen LogP contribution < -0.4 is 4.74 Å². The van der Waals surface area contributed by atoms with Crippen molar-refractivity contribution < 1.29 is 14.3 Å². The number of hydrogen-bond acceptors (Lipinski definition) is 3. The molecule has 0 fully saturated rings. The lowest BCUT2D eigenvalue weighted by atomic mass is 9.88. The molecule has 0 bridgehead atoms. The van der Waals surface area contributed by atoms with Crippen LogP contribution in [0.15, 0.2) is 36.4 Å². The van der Waals surface area contributed by atoms with E-state index in [-0.39, 0.29) is 12.1 Å². The first-order valence-electron chi connectivity index (χ1n) is 6.18. The molecule has 3 nitrogen and oxygen atoms in total. The fourth-order valence-corrected chi connectivity index (χ4v) is 2.23. The molecule has 1 aromatic carbocycles. The molecule has 0 saturated heterocycles. The van der Waals surface area contributed by atoms with Gasteiger partial charge in [-0.15, -0.1) is 0 Å². The Hall–Kier alpha value is -1.77. The van der Waals surface area contributed by atoms with Crippen molar-refractivity contribution in [3.05, 3.63) is 42.0 Å². The van der Waals surface area contributed by atoms with E-state index in [0.717, 1.165) is 18.6 Å². The van der Waals surface area contributed by atoms with Gasteiger partial charge in [-0.25, -0.2) is 0 Å². The Bertz CT molecular complexity index is 434. The summed E-state index contributed by atoms with van der Waals surface area (Å²) >= 11 is 0. The molecule has 0 spiro atoms. The molecule has 18 heavy (non-hydrogen) atoms. The van der Waals surface area contributed by atoms with Crippen molar-refractivity contribution in [3.63, 3.8) is 0 Å². The Morgan fingerprint density at radius 2 is 1.89 bits per heavy atom. The van der Waals surface area contributed by atoms with Gasteiger partial charge in [-0.1, -0.05) is 18.2 Å². The standard InChI is InChI=1S/C15H18O3/c1-11(16)18-15-9-5-13(6-10-15)12-3-7-14(17-2)8-4-12/h3-5,7-9,13,15H,6,10H2,1-2H3/t13-,15-/m1/s1. The van der Waals surface area contributed by atoms with Crippen molar-refractivity contribution in [2.24, 2.45) is 0 Å². The van der Waals surface area contributed by atoms with Gasteiger partial charge in [0.15, 0.2) is 0 Å². The third-order valence-corrected chi connectivity index (χ3v) is 3.18. The SMILES string of the molecule is COc1ccc([C@@H]2C=C[C@@H](OC(C)=O)CC2)cc1. The highest BCUT2D eigenvalue weighted by Gasteiger charge is 2.18. The number of ether oxygens (including phenoxy) is 2. The zero-order valence-corrected chi connectivity index (χ0v) is 10.8. The molecule has 1 aromatic rings. The summed E-state index contributed by atoms with van der Waals surface area (Å²) in [4.78, 5) is 10.9. The fraction of sp³-hybridized carbons (Fsp3) is 0.400. The van der Waals surface area contributed by atoms with Gasteiger partial charge in [-0.3, -0.25) is 4.79 Å². The highest BCUT2D eigenvalue weighted by molar-refractivity contribution is 5.66. The molecule has 0 amide bonds. The third-order valence-electron chi connectivity index (χ3n) is 3.18. The Morgan fingerprint density at radius 1 is 1.17 bits per heavy atom. The molecule has 2 rings (SSSR count). The molecule has 1 aliphatic rings. The summed E-state index contributed by atoms with van der Waals surface area (Å²) in [7, 11) is 1.67. The topological polar surface area (TPSA) is 35.5 Å².